The first-order valence-electron chi connectivity index (χ1n) is 8.88. The molecule has 6 heteroatoms. The van der Waals surface area contributed by atoms with Crippen LogP contribution in [0.1, 0.15) is 22.3 Å². The summed E-state index contributed by atoms with van der Waals surface area (Å²) >= 11 is 0. The first kappa shape index (κ1) is 16.6. The number of nitrogens with one attached hydrogen (secondary N) is 1. The van der Waals surface area contributed by atoms with Crippen molar-refractivity contribution in [2.24, 2.45) is 0 Å². The maximum atomic E-state index is 13.0. The smallest absolute Gasteiger partial charge is 0.407 e. The molecule has 0 atom stereocenters. The predicted octanol–water partition coefficient (Wildman–Crippen LogP) is 2.47. The molecule has 1 aliphatic heterocycles. The van der Waals surface area contributed by atoms with E-state index in [0.29, 0.717) is 29.8 Å². The molecule has 3 aromatic rings. The molecule has 1 fully saturated rings. The number of hydrogen-bond acceptors (Lipinski definition) is 4. The molecule has 2 heterocycles. The zero-order valence-electron chi connectivity index (χ0n) is 14.5. The Balaban J connectivity index is 1.48. The van der Waals surface area contributed by atoms with Crippen LogP contribution in [0.4, 0.5) is 0 Å². The normalized spacial score (nSPS) is 15.9. The molecule has 0 unspecified atom stereocenters. The van der Waals surface area contributed by atoms with Gasteiger partial charge in [-0.1, -0.05) is 36.4 Å². The summed E-state index contributed by atoms with van der Waals surface area (Å²) in [7, 11) is 0. The largest absolute Gasteiger partial charge is 0.417 e. The maximum absolute atomic E-state index is 13.0. The minimum Gasteiger partial charge on any atom is -0.407 e. The van der Waals surface area contributed by atoms with E-state index in [2.05, 4.69) is 22.0 Å². The minimum absolute atomic E-state index is 0.0834. The van der Waals surface area contributed by atoms with Gasteiger partial charge in [0.2, 0.25) is 0 Å². The average molecular weight is 351 g/mol. The van der Waals surface area contributed by atoms with Gasteiger partial charge in [0.1, 0.15) is 0 Å². The monoisotopic (exact) mass is 351 g/mol. The molecule has 0 bridgehead atoms. The Labute approximate surface area is 151 Å². The molecule has 1 aliphatic rings. The van der Waals surface area contributed by atoms with Gasteiger partial charge in [-0.25, -0.2) is 4.79 Å². The van der Waals surface area contributed by atoms with Crippen molar-refractivity contribution >= 4 is 17.0 Å². The summed E-state index contributed by atoms with van der Waals surface area (Å²) in [5.41, 5.74) is 2.62. The highest BCUT2D eigenvalue weighted by Crippen LogP contribution is 2.19. The standard InChI is InChI=1S/C20H21N3O3/c24-19(16-8-4-9-17-18(16)26-20(25)21-17)23-11-5-10-22(12-13-23)14-15-6-2-1-3-7-15/h1-4,6-9H,5,10-14H2,(H,21,25). The molecule has 134 valence electrons. The van der Waals surface area contributed by atoms with Crippen LogP contribution < -0.4 is 5.76 Å². The Morgan fingerprint density at radius 3 is 2.69 bits per heavy atom. The fourth-order valence-electron chi connectivity index (χ4n) is 3.49. The van der Waals surface area contributed by atoms with Gasteiger partial charge in [0.15, 0.2) is 5.58 Å². The SMILES string of the molecule is O=C(c1cccc2[nH]c(=O)oc12)N1CCCN(Cc2ccccc2)CC1. The van der Waals surface area contributed by atoms with Crippen molar-refractivity contribution in [3.8, 4) is 0 Å². The molecule has 0 saturated carbocycles. The fraction of sp³-hybridized carbons (Fsp3) is 0.300. The molecule has 1 saturated heterocycles. The summed E-state index contributed by atoms with van der Waals surface area (Å²) in [4.78, 5) is 31.3. The first-order chi connectivity index (χ1) is 12.7. The average Bonchev–Trinajstić information content (AvgIpc) is 2.89. The van der Waals surface area contributed by atoms with Crippen molar-refractivity contribution in [2.45, 2.75) is 13.0 Å². The zero-order chi connectivity index (χ0) is 17.9. The van der Waals surface area contributed by atoms with Crippen LogP contribution in [0.5, 0.6) is 0 Å². The molecular weight excluding hydrogens is 330 g/mol. The Kier molecular flexibility index (Phi) is 4.58. The molecule has 0 radical (unpaired) electrons. The number of amides is 1. The van der Waals surface area contributed by atoms with Crippen LogP contribution in [0.3, 0.4) is 0 Å². The molecule has 1 N–H and O–H groups in total. The van der Waals surface area contributed by atoms with Crippen molar-refractivity contribution in [3.63, 3.8) is 0 Å². The quantitative estimate of drug-likeness (QED) is 0.787. The summed E-state index contributed by atoms with van der Waals surface area (Å²) in [5, 5.41) is 0. The van der Waals surface area contributed by atoms with E-state index in [1.807, 2.05) is 23.1 Å². The lowest BCUT2D eigenvalue weighted by Crippen LogP contribution is -2.35. The predicted molar refractivity (Wildman–Crippen MR) is 99.1 cm³/mol. The minimum atomic E-state index is -0.537. The number of nitrogens with zero attached hydrogens (tertiary/aromatic N) is 2. The van der Waals surface area contributed by atoms with Crippen LogP contribution in [0, 0.1) is 0 Å². The van der Waals surface area contributed by atoms with E-state index >= 15 is 0 Å². The summed E-state index contributed by atoms with van der Waals surface area (Å²) in [5.74, 6) is -0.620. The van der Waals surface area contributed by atoms with Crippen LogP contribution in [-0.2, 0) is 6.54 Å². The van der Waals surface area contributed by atoms with E-state index in [1.165, 1.54) is 5.56 Å². The number of carbonyl (C=O) groups is 1. The lowest BCUT2D eigenvalue weighted by molar-refractivity contribution is 0.0762. The van der Waals surface area contributed by atoms with Crippen molar-refractivity contribution in [3.05, 3.63) is 70.2 Å². The van der Waals surface area contributed by atoms with Gasteiger partial charge in [-0.3, -0.25) is 14.7 Å². The second kappa shape index (κ2) is 7.17. The Bertz CT molecular complexity index is 961. The molecule has 6 nitrogen and oxygen atoms in total. The van der Waals surface area contributed by atoms with Gasteiger partial charge in [0, 0.05) is 32.7 Å². The molecule has 0 aliphatic carbocycles. The molecule has 2 aromatic carbocycles. The highest BCUT2D eigenvalue weighted by molar-refractivity contribution is 6.04. The first-order valence-corrected chi connectivity index (χ1v) is 8.88. The Hall–Kier alpha value is -2.86. The fourth-order valence-corrected chi connectivity index (χ4v) is 3.49. The Morgan fingerprint density at radius 1 is 1.00 bits per heavy atom. The van der Waals surface area contributed by atoms with Crippen molar-refractivity contribution in [1.82, 2.24) is 14.8 Å². The van der Waals surface area contributed by atoms with Crippen LogP contribution in [0.25, 0.3) is 11.1 Å². The van der Waals surface area contributed by atoms with E-state index in [-0.39, 0.29) is 5.91 Å². The third-order valence-corrected chi connectivity index (χ3v) is 4.80. The van der Waals surface area contributed by atoms with Gasteiger partial charge in [0.05, 0.1) is 11.1 Å². The summed E-state index contributed by atoms with van der Waals surface area (Å²) < 4.78 is 5.17. The van der Waals surface area contributed by atoms with Crippen molar-refractivity contribution in [1.29, 1.82) is 0 Å². The lowest BCUT2D eigenvalue weighted by Gasteiger charge is -2.22. The topological polar surface area (TPSA) is 69.5 Å². The molecule has 1 amide bonds. The third kappa shape index (κ3) is 3.41. The maximum Gasteiger partial charge on any atom is 0.417 e. The number of H-pyrrole nitrogens is 1. The summed E-state index contributed by atoms with van der Waals surface area (Å²) in [6.07, 6.45) is 0.922. The van der Waals surface area contributed by atoms with E-state index in [1.54, 1.807) is 18.2 Å². The van der Waals surface area contributed by atoms with Gasteiger partial charge >= 0.3 is 5.76 Å². The lowest BCUT2D eigenvalue weighted by atomic mass is 10.1. The summed E-state index contributed by atoms with van der Waals surface area (Å²) in [6.45, 7) is 4.05. The molecular formula is C20H21N3O3. The van der Waals surface area contributed by atoms with Crippen LogP contribution in [-0.4, -0.2) is 46.9 Å². The second-order valence-corrected chi connectivity index (χ2v) is 6.60. The van der Waals surface area contributed by atoms with Crippen LogP contribution in [0.15, 0.2) is 57.7 Å². The third-order valence-electron chi connectivity index (χ3n) is 4.80. The van der Waals surface area contributed by atoms with E-state index in [0.717, 1.165) is 26.1 Å². The van der Waals surface area contributed by atoms with Crippen LogP contribution in [0.2, 0.25) is 0 Å². The number of hydrogen-bond donors (Lipinski definition) is 1. The van der Waals surface area contributed by atoms with E-state index < -0.39 is 5.76 Å². The number of rotatable bonds is 3. The number of aromatic nitrogens is 1. The number of benzene rings is 2. The van der Waals surface area contributed by atoms with Crippen LogP contribution >= 0.6 is 0 Å². The highest BCUT2D eigenvalue weighted by atomic mass is 16.4. The number of carbonyl (C=O) groups excluding carboxylic acids is 1. The number of oxazole rings is 1. The Morgan fingerprint density at radius 2 is 1.85 bits per heavy atom. The second-order valence-electron chi connectivity index (χ2n) is 6.60. The molecule has 0 spiro atoms. The zero-order valence-corrected chi connectivity index (χ0v) is 14.5. The highest BCUT2D eigenvalue weighted by Gasteiger charge is 2.23. The van der Waals surface area contributed by atoms with Gasteiger partial charge in [-0.15, -0.1) is 0 Å². The molecule has 26 heavy (non-hydrogen) atoms. The number of para-hydroxylation sites is 1. The van der Waals surface area contributed by atoms with Gasteiger partial charge < -0.3 is 9.32 Å². The molecule has 4 rings (SSSR count). The van der Waals surface area contributed by atoms with Gasteiger partial charge in [0.25, 0.3) is 5.91 Å². The number of fused-ring (bicyclic) bond motifs is 1. The number of aromatic amines is 1. The summed E-state index contributed by atoms with van der Waals surface area (Å²) in [6, 6.07) is 15.6. The van der Waals surface area contributed by atoms with Gasteiger partial charge in [-0.2, -0.15) is 0 Å². The van der Waals surface area contributed by atoms with Crippen molar-refractivity contribution in [2.75, 3.05) is 26.2 Å². The van der Waals surface area contributed by atoms with E-state index in [4.69, 9.17) is 4.42 Å². The van der Waals surface area contributed by atoms with Crippen molar-refractivity contribution < 1.29 is 9.21 Å². The van der Waals surface area contributed by atoms with Gasteiger partial charge in [-0.05, 0) is 24.1 Å². The van der Waals surface area contributed by atoms with E-state index in [9.17, 15) is 9.59 Å². The molecule has 1 aromatic heterocycles.